The molecule has 0 atom stereocenters. The molecule has 0 saturated heterocycles. The van der Waals surface area contributed by atoms with Gasteiger partial charge < -0.3 is 5.11 Å². The molecule has 0 aromatic rings. The Morgan fingerprint density at radius 2 is 2.33 bits per heavy atom. The maximum atomic E-state index is 8.43. The topological polar surface area (TPSA) is 20.2 Å². The fourth-order valence-corrected chi connectivity index (χ4v) is 0.972. The number of allylic oxidation sites excluding steroid dienone is 1. The molecule has 0 heterocycles. The lowest BCUT2D eigenvalue weighted by atomic mass is 10.2. The third kappa shape index (κ3) is 6.06. The van der Waals surface area contributed by atoms with Crippen molar-refractivity contribution >= 4 is 15.9 Å². The highest BCUT2D eigenvalue weighted by Gasteiger charge is 1.88. The summed E-state index contributed by atoms with van der Waals surface area (Å²) < 4.78 is 1.12. The molecule has 0 bridgehead atoms. The lowest BCUT2D eigenvalue weighted by Crippen LogP contribution is -1.77. The molecule has 0 amide bonds. The average molecular weight is 193 g/mol. The highest BCUT2D eigenvalue weighted by atomic mass is 79.9. The van der Waals surface area contributed by atoms with Crippen LogP contribution in [-0.2, 0) is 0 Å². The molecule has 0 aliphatic heterocycles. The van der Waals surface area contributed by atoms with Crippen LogP contribution in [0.5, 0.6) is 0 Å². The lowest BCUT2D eigenvalue weighted by molar-refractivity contribution is 0.342. The summed E-state index contributed by atoms with van der Waals surface area (Å²) in [7, 11) is 0. The van der Waals surface area contributed by atoms with E-state index >= 15 is 0 Å². The molecule has 0 rings (SSSR count). The van der Waals surface area contributed by atoms with Crippen LogP contribution in [-0.4, -0.2) is 11.7 Å². The molecule has 0 aromatic carbocycles. The molecule has 1 nitrogen and oxygen atoms in total. The molecule has 1 N–H and O–H groups in total. The van der Waals surface area contributed by atoms with Crippen LogP contribution >= 0.6 is 15.9 Å². The van der Waals surface area contributed by atoms with E-state index in [-0.39, 0.29) is 6.61 Å². The van der Waals surface area contributed by atoms with E-state index < -0.39 is 0 Å². The molecular formula is C7H13BrO. The molecule has 0 saturated carbocycles. The standard InChI is InChI=1S/C7H13BrO/c1-2-3-4-7(8)5-6-9/h5,9H,2-4,6H2,1H3/b7-5-. The summed E-state index contributed by atoms with van der Waals surface area (Å²) in [5.41, 5.74) is 0. The van der Waals surface area contributed by atoms with Crippen molar-refractivity contribution < 1.29 is 5.11 Å². The third-order valence-electron chi connectivity index (χ3n) is 1.08. The van der Waals surface area contributed by atoms with E-state index in [1.54, 1.807) is 6.08 Å². The average Bonchev–Trinajstić information content (AvgIpc) is 1.85. The Bertz CT molecular complexity index is 88.9. The number of halogens is 1. The number of aliphatic hydroxyl groups is 1. The molecule has 0 spiro atoms. The van der Waals surface area contributed by atoms with Crippen LogP contribution in [0.25, 0.3) is 0 Å². The van der Waals surface area contributed by atoms with Crippen LogP contribution in [0.15, 0.2) is 10.6 Å². The van der Waals surface area contributed by atoms with Gasteiger partial charge in [-0.3, -0.25) is 0 Å². The van der Waals surface area contributed by atoms with Crippen LogP contribution in [0.3, 0.4) is 0 Å². The number of aliphatic hydroxyl groups excluding tert-OH is 1. The second-order valence-corrected chi connectivity index (χ2v) is 2.96. The number of rotatable bonds is 4. The molecule has 2 heteroatoms. The molecular weight excluding hydrogens is 180 g/mol. The quantitative estimate of drug-likeness (QED) is 0.726. The maximum absolute atomic E-state index is 8.43. The Kier molecular flexibility index (Phi) is 6.43. The third-order valence-corrected chi connectivity index (χ3v) is 1.80. The monoisotopic (exact) mass is 192 g/mol. The van der Waals surface area contributed by atoms with Crippen molar-refractivity contribution in [2.24, 2.45) is 0 Å². The fourth-order valence-electron chi connectivity index (χ4n) is 0.547. The van der Waals surface area contributed by atoms with E-state index in [1.165, 1.54) is 12.8 Å². The summed E-state index contributed by atoms with van der Waals surface area (Å²) in [6.45, 7) is 2.30. The minimum Gasteiger partial charge on any atom is -0.392 e. The van der Waals surface area contributed by atoms with Crippen molar-refractivity contribution in [3.63, 3.8) is 0 Å². The van der Waals surface area contributed by atoms with Crippen LogP contribution in [0, 0.1) is 0 Å². The SMILES string of the molecule is CCCC/C(Br)=C/CO. The van der Waals surface area contributed by atoms with Gasteiger partial charge in [0.15, 0.2) is 0 Å². The van der Waals surface area contributed by atoms with E-state index in [0.717, 1.165) is 10.9 Å². The van der Waals surface area contributed by atoms with Crippen molar-refractivity contribution in [1.29, 1.82) is 0 Å². The first-order valence-electron chi connectivity index (χ1n) is 3.26. The summed E-state index contributed by atoms with van der Waals surface area (Å²) in [5, 5.41) is 8.43. The summed E-state index contributed by atoms with van der Waals surface area (Å²) in [5.74, 6) is 0. The van der Waals surface area contributed by atoms with E-state index in [9.17, 15) is 0 Å². The van der Waals surface area contributed by atoms with Gasteiger partial charge in [-0.2, -0.15) is 0 Å². The first-order chi connectivity index (χ1) is 4.31. The van der Waals surface area contributed by atoms with E-state index in [2.05, 4.69) is 22.9 Å². The smallest absolute Gasteiger partial charge is 0.0623 e. The molecule has 0 aliphatic rings. The van der Waals surface area contributed by atoms with Gasteiger partial charge >= 0.3 is 0 Å². The van der Waals surface area contributed by atoms with Crippen molar-refractivity contribution in [1.82, 2.24) is 0 Å². The van der Waals surface area contributed by atoms with Gasteiger partial charge in [-0.05, 0) is 23.4 Å². The summed E-state index contributed by atoms with van der Waals surface area (Å²) in [4.78, 5) is 0. The van der Waals surface area contributed by atoms with Crippen molar-refractivity contribution in [2.75, 3.05) is 6.61 Å². The number of hydrogen-bond acceptors (Lipinski definition) is 1. The maximum Gasteiger partial charge on any atom is 0.0623 e. The van der Waals surface area contributed by atoms with Gasteiger partial charge in [0.05, 0.1) is 6.61 Å². The van der Waals surface area contributed by atoms with Crippen molar-refractivity contribution in [3.8, 4) is 0 Å². The van der Waals surface area contributed by atoms with Gasteiger partial charge in [0.2, 0.25) is 0 Å². The minimum atomic E-state index is 0.143. The largest absolute Gasteiger partial charge is 0.392 e. The zero-order valence-electron chi connectivity index (χ0n) is 5.73. The molecule has 0 unspecified atom stereocenters. The lowest BCUT2D eigenvalue weighted by Gasteiger charge is -1.93. The second-order valence-electron chi connectivity index (χ2n) is 1.94. The summed E-state index contributed by atoms with van der Waals surface area (Å²) in [6.07, 6.45) is 5.23. The van der Waals surface area contributed by atoms with Crippen LogP contribution in [0.4, 0.5) is 0 Å². The van der Waals surface area contributed by atoms with Crippen molar-refractivity contribution in [3.05, 3.63) is 10.6 Å². The van der Waals surface area contributed by atoms with E-state index in [1.807, 2.05) is 0 Å². The highest BCUT2D eigenvalue weighted by Crippen LogP contribution is 2.12. The minimum absolute atomic E-state index is 0.143. The first-order valence-corrected chi connectivity index (χ1v) is 4.06. The summed E-state index contributed by atoms with van der Waals surface area (Å²) in [6, 6.07) is 0. The predicted octanol–water partition coefficient (Wildman–Crippen LogP) is 2.45. The van der Waals surface area contributed by atoms with Crippen LogP contribution < -0.4 is 0 Å². The normalized spacial score (nSPS) is 12.1. The number of hydrogen-bond donors (Lipinski definition) is 1. The predicted molar refractivity (Wildman–Crippen MR) is 43.6 cm³/mol. The van der Waals surface area contributed by atoms with Gasteiger partial charge in [-0.1, -0.05) is 29.3 Å². The Hall–Kier alpha value is 0.180. The van der Waals surface area contributed by atoms with Gasteiger partial charge in [0.1, 0.15) is 0 Å². The number of unbranched alkanes of at least 4 members (excludes halogenated alkanes) is 1. The van der Waals surface area contributed by atoms with Gasteiger partial charge in [0.25, 0.3) is 0 Å². The fraction of sp³-hybridized carbons (Fsp3) is 0.714. The molecule has 9 heavy (non-hydrogen) atoms. The van der Waals surface area contributed by atoms with E-state index in [0.29, 0.717) is 0 Å². The Labute approximate surface area is 64.9 Å². The second kappa shape index (κ2) is 6.30. The Morgan fingerprint density at radius 3 is 2.78 bits per heavy atom. The Balaban J connectivity index is 3.25. The van der Waals surface area contributed by atoms with Gasteiger partial charge in [-0.15, -0.1) is 0 Å². The van der Waals surface area contributed by atoms with Gasteiger partial charge in [-0.25, -0.2) is 0 Å². The highest BCUT2D eigenvalue weighted by molar-refractivity contribution is 9.11. The molecule has 0 fully saturated rings. The molecule has 0 aromatic heterocycles. The Morgan fingerprint density at radius 1 is 1.67 bits per heavy atom. The first kappa shape index (κ1) is 9.18. The zero-order valence-corrected chi connectivity index (χ0v) is 7.32. The molecule has 0 aliphatic carbocycles. The van der Waals surface area contributed by atoms with E-state index in [4.69, 9.17) is 5.11 Å². The van der Waals surface area contributed by atoms with Crippen LogP contribution in [0.2, 0.25) is 0 Å². The van der Waals surface area contributed by atoms with Crippen molar-refractivity contribution in [2.45, 2.75) is 26.2 Å². The zero-order chi connectivity index (χ0) is 7.11. The molecule has 54 valence electrons. The van der Waals surface area contributed by atoms with Gasteiger partial charge in [0, 0.05) is 0 Å². The molecule has 0 radical (unpaired) electrons. The van der Waals surface area contributed by atoms with Crippen LogP contribution in [0.1, 0.15) is 26.2 Å². The summed E-state index contributed by atoms with van der Waals surface area (Å²) >= 11 is 3.34.